The molecule has 0 fully saturated rings. The normalized spacial score (nSPS) is 12.0. The summed E-state index contributed by atoms with van der Waals surface area (Å²) < 4.78 is 0. The van der Waals surface area contributed by atoms with Crippen LogP contribution in [-0.2, 0) is 11.8 Å². The third-order valence-electron chi connectivity index (χ3n) is 3.33. The molecule has 0 saturated carbocycles. The predicted molar refractivity (Wildman–Crippen MR) is 77.8 cm³/mol. The van der Waals surface area contributed by atoms with Crippen molar-refractivity contribution in [2.75, 3.05) is 6.54 Å². The maximum absolute atomic E-state index is 5.59. The highest BCUT2D eigenvalue weighted by atomic mass is 14.7. The number of aryl methyl sites for hydroxylation is 1. The second-order valence-corrected chi connectivity index (χ2v) is 5.84. The van der Waals surface area contributed by atoms with E-state index < -0.39 is 0 Å². The lowest BCUT2D eigenvalue weighted by atomic mass is 9.85. The molecule has 0 aliphatic heterocycles. The number of fused-ring (bicyclic) bond motifs is 1. The van der Waals surface area contributed by atoms with Crippen LogP contribution in [0.5, 0.6) is 0 Å². The van der Waals surface area contributed by atoms with Crippen LogP contribution in [0.2, 0.25) is 0 Å². The molecule has 18 heavy (non-hydrogen) atoms. The fourth-order valence-corrected chi connectivity index (χ4v) is 2.16. The highest BCUT2D eigenvalue weighted by Crippen LogP contribution is 2.27. The average molecular weight is 242 g/mol. The number of rotatable bonds is 3. The van der Waals surface area contributed by atoms with Gasteiger partial charge in [-0.15, -0.1) is 0 Å². The monoisotopic (exact) mass is 242 g/mol. The predicted octanol–water partition coefficient (Wildman–Crippen LogP) is 3.42. The summed E-state index contributed by atoms with van der Waals surface area (Å²) in [5.41, 5.74) is 8.30. The third-order valence-corrected chi connectivity index (χ3v) is 3.33. The summed E-state index contributed by atoms with van der Waals surface area (Å²) in [6.07, 6.45) is 3.85. The minimum absolute atomic E-state index is 0.176. The van der Waals surface area contributed by atoms with Gasteiger partial charge in [0.2, 0.25) is 0 Å². The maximum Gasteiger partial charge on any atom is 0.0482 e. The van der Waals surface area contributed by atoms with E-state index in [0.717, 1.165) is 19.4 Å². The highest BCUT2D eigenvalue weighted by molar-refractivity contribution is 5.85. The zero-order valence-electron chi connectivity index (χ0n) is 11.5. The SMILES string of the molecule is CC(C)(C)c1ccc2ccnc(CCCN)c2c1. The van der Waals surface area contributed by atoms with Crippen molar-refractivity contribution in [3.63, 3.8) is 0 Å². The molecule has 0 atom stereocenters. The summed E-state index contributed by atoms with van der Waals surface area (Å²) >= 11 is 0. The minimum Gasteiger partial charge on any atom is -0.330 e. The van der Waals surface area contributed by atoms with Gasteiger partial charge in [0.25, 0.3) is 0 Å². The van der Waals surface area contributed by atoms with Crippen LogP contribution in [0.3, 0.4) is 0 Å². The number of hydrogen-bond acceptors (Lipinski definition) is 2. The van der Waals surface area contributed by atoms with Crippen LogP contribution in [0.4, 0.5) is 0 Å². The summed E-state index contributed by atoms with van der Waals surface area (Å²) in [5.74, 6) is 0. The molecule has 0 unspecified atom stereocenters. The molecular formula is C16H22N2. The van der Waals surface area contributed by atoms with Crippen LogP contribution in [0.25, 0.3) is 10.8 Å². The Bertz CT molecular complexity index is 538. The molecular weight excluding hydrogens is 220 g/mol. The van der Waals surface area contributed by atoms with Gasteiger partial charge in [-0.1, -0.05) is 32.9 Å². The molecule has 0 spiro atoms. The molecule has 0 amide bonds. The van der Waals surface area contributed by atoms with Crippen molar-refractivity contribution >= 4 is 10.8 Å². The number of aromatic nitrogens is 1. The van der Waals surface area contributed by atoms with E-state index in [2.05, 4.69) is 50.0 Å². The van der Waals surface area contributed by atoms with Crippen molar-refractivity contribution in [2.45, 2.75) is 39.0 Å². The largest absolute Gasteiger partial charge is 0.330 e. The van der Waals surface area contributed by atoms with E-state index in [1.807, 2.05) is 6.20 Å². The Balaban J connectivity index is 2.51. The standard InChI is InChI=1S/C16H22N2/c1-16(2,3)13-7-6-12-8-10-18-15(5-4-9-17)14(12)11-13/h6-8,10-11H,4-5,9,17H2,1-3H3. The Morgan fingerprint density at radius 3 is 2.61 bits per heavy atom. The van der Waals surface area contributed by atoms with E-state index in [-0.39, 0.29) is 5.41 Å². The first-order chi connectivity index (χ1) is 8.52. The zero-order valence-corrected chi connectivity index (χ0v) is 11.5. The Morgan fingerprint density at radius 2 is 1.94 bits per heavy atom. The lowest BCUT2D eigenvalue weighted by molar-refractivity contribution is 0.591. The fourth-order valence-electron chi connectivity index (χ4n) is 2.16. The van der Waals surface area contributed by atoms with Gasteiger partial charge in [0, 0.05) is 17.3 Å². The lowest BCUT2D eigenvalue weighted by Gasteiger charge is -2.20. The van der Waals surface area contributed by atoms with Gasteiger partial charge < -0.3 is 5.73 Å². The topological polar surface area (TPSA) is 38.9 Å². The molecule has 96 valence electrons. The van der Waals surface area contributed by atoms with Gasteiger partial charge in [0.1, 0.15) is 0 Å². The van der Waals surface area contributed by atoms with Gasteiger partial charge in [-0.3, -0.25) is 4.98 Å². The molecule has 0 saturated heterocycles. The van der Waals surface area contributed by atoms with Crippen molar-refractivity contribution in [1.82, 2.24) is 4.98 Å². The minimum atomic E-state index is 0.176. The Hall–Kier alpha value is -1.41. The second-order valence-electron chi connectivity index (χ2n) is 5.84. The lowest BCUT2D eigenvalue weighted by Crippen LogP contribution is -2.11. The van der Waals surface area contributed by atoms with E-state index in [9.17, 15) is 0 Å². The Labute approximate surface area is 109 Å². The second kappa shape index (κ2) is 5.07. The average Bonchev–Trinajstić information content (AvgIpc) is 2.34. The third kappa shape index (κ3) is 2.70. The highest BCUT2D eigenvalue weighted by Gasteiger charge is 2.14. The number of nitrogens with two attached hydrogens (primary N) is 1. The van der Waals surface area contributed by atoms with Crippen molar-refractivity contribution in [1.29, 1.82) is 0 Å². The number of benzene rings is 1. The van der Waals surface area contributed by atoms with E-state index in [1.165, 1.54) is 22.0 Å². The summed E-state index contributed by atoms with van der Waals surface area (Å²) in [6, 6.07) is 8.78. The van der Waals surface area contributed by atoms with Gasteiger partial charge >= 0.3 is 0 Å². The summed E-state index contributed by atoms with van der Waals surface area (Å²) in [5, 5.41) is 2.54. The van der Waals surface area contributed by atoms with E-state index in [4.69, 9.17) is 5.73 Å². The van der Waals surface area contributed by atoms with Crippen LogP contribution >= 0.6 is 0 Å². The molecule has 2 aromatic rings. The van der Waals surface area contributed by atoms with E-state index in [1.54, 1.807) is 0 Å². The van der Waals surface area contributed by atoms with Crippen molar-refractivity contribution in [3.8, 4) is 0 Å². The quantitative estimate of drug-likeness (QED) is 0.895. The summed E-state index contributed by atoms with van der Waals surface area (Å²) in [6.45, 7) is 7.44. The van der Waals surface area contributed by atoms with Crippen LogP contribution in [0.1, 0.15) is 38.4 Å². The van der Waals surface area contributed by atoms with E-state index in [0.29, 0.717) is 0 Å². The molecule has 0 bridgehead atoms. The van der Waals surface area contributed by atoms with Crippen LogP contribution in [0, 0.1) is 0 Å². The molecule has 2 N–H and O–H groups in total. The van der Waals surface area contributed by atoms with Gasteiger partial charge in [0.15, 0.2) is 0 Å². The van der Waals surface area contributed by atoms with E-state index >= 15 is 0 Å². The Kier molecular flexibility index (Phi) is 3.67. The molecule has 2 rings (SSSR count). The smallest absolute Gasteiger partial charge is 0.0482 e. The Morgan fingerprint density at radius 1 is 1.17 bits per heavy atom. The van der Waals surface area contributed by atoms with Crippen LogP contribution in [-0.4, -0.2) is 11.5 Å². The first-order valence-electron chi connectivity index (χ1n) is 6.60. The first-order valence-corrected chi connectivity index (χ1v) is 6.60. The van der Waals surface area contributed by atoms with Gasteiger partial charge in [-0.25, -0.2) is 0 Å². The molecule has 1 aromatic heterocycles. The molecule has 0 aliphatic carbocycles. The molecule has 0 aliphatic rings. The first kappa shape index (κ1) is 13.0. The number of hydrogen-bond donors (Lipinski definition) is 1. The molecule has 1 heterocycles. The van der Waals surface area contributed by atoms with Crippen molar-refractivity contribution in [2.24, 2.45) is 5.73 Å². The number of pyridine rings is 1. The van der Waals surface area contributed by atoms with Gasteiger partial charge in [-0.05, 0) is 47.9 Å². The van der Waals surface area contributed by atoms with Crippen LogP contribution < -0.4 is 5.73 Å². The molecule has 2 nitrogen and oxygen atoms in total. The summed E-state index contributed by atoms with van der Waals surface area (Å²) in [4.78, 5) is 4.51. The van der Waals surface area contributed by atoms with Crippen molar-refractivity contribution in [3.05, 3.63) is 41.7 Å². The van der Waals surface area contributed by atoms with Gasteiger partial charge in [-0.2, -0.15) is 0 Å². The van der Waals surface area contributed by atoms with Crippen LogP contribution in [0.15, 0.2) is 30.5 Å². The summed E-state index contributed by atoms with van der Waals surface area (Å²) in [7, 11) is 0. The molecule has 1 aromatic carbocycles. The molecule has 2 heteroatoms. The van der Waals surface area contributed by atoms with Gasteiger partial charge in [0.05, 0.1) is 0 Å². The fraction of sp³-hybridized carbons (Fsp3) is 0.438. The van der Waals surface area contributed by atoms with Crippen molar-refractivity contribution < 1.29 is 0 Å². The number of nitrogens with zero attached hydrogens (tertiary/aromatic N) is 1. The zero-order chi connectivity index (χ0) is 13.2. The molecule has 0 radical (unpaired) electrons. The maximum atomic E-state index is 5.59.